The van der Waals surface area contributed by atoms with Gasteiger partial charge in [-0.25, -0.2) is 0 Å². The van der Waals surface area contributed by atoms with E-state index in [1.54, 1.807) is 0 Å². The maximum absolute atomic E-state index is 6.68. The largest absolute Gasteiger partial charge is 0.493 e. The van der Waals surface area contributed by atoms with Crippen LogP contribution in [-0.2, 0) is 9.31 Å². The summed E-state index contributed by atoms with van der Waals surface area (Å²) >= 11 is 0. The van der Waals surface area contributed by atoms with E-state index in [0.29, 0.717) is 0 Å². The highest BCUT2D eigenvalue weighted by atomic mass is 16.7. The molecule has 0 bridgehead atoms. The molecule has 224 valence electrons. The van der Waals surface area contributed by atoms with E-state index in [2.05, 4.69) is 158 Å². The van der Waals surface area contributed by atoms with Gasteiger partial charge in [-0.3, -0.25) is 0 Å². The summed E-state index contributed by atoms with van der Waals surface area (Å²) in [5.74, 6) is 0. The van der Waals surface area contributed by atoms with Crippen molar-refractivity contribution in [3.05, 3.63) is 0 Å². The molecule has 1 aliphatic heterocycles. The van der Waals surface area contributed by atoms with Crippen LogP contribution in [-0.4, -0.2) is 144 Å². The Morgan fingerprint density at radius 3 is 1.00 bits per heavy atom. The average molecular weight is 610 g/mol. The van der Waals surface area contributed by atoms with E-state index in [1.807, 2.05) is 0 Å². The van der Waals surface area contributed by atoms with Crippen molar-refractivity contribution in [2.45, 2.75) is 38.9 Å². The molecule has 0 radical (unpaired) electrons. The highest BCUT2D eigenvalue weighted by Gasteiger charge is 2.52. The Labute approximate surface area is 305 Å². The van der Waals surface area contributed by atoms with Gasteiger partial charge in [0, 0.05) is 17.1 Å². The molecule has 20 heteroatoms. The first kappa shape index (κ1) is 37.2. The predicted octanol–water partition coefficient (Wildman–Crippen LogP) is -21.3. The number of hydrogen-bond donors (Lipinski definition) is 0. The first-order chi connectivity index (χ1) is 22.0. The quantitative estimate of drug-likeness (QED) is 0.215. The molecular formula is C28H44B17NO2. The van der Waals surface area contributed by atoms with Crippen LogP contribution in [0, 0.1) is 0 Å². The van der Waals surface area contributed by atoms with Crippen molar-refractivity contribution < 1.29 is 9.31 Å². The van der Waals surface area contributed by atoms with Crippen LogP contribution in [0.1, 0.15) is 27.7 Å². The minimum Gasteiger partial charge on any atom is -0.399 e. The van der Waals surface area contributed by atoms with Crippen LogP contribution in [0.4, 0.5) is 17.1 Å². The van der Waals surface area contributed by atoms with Crippen molar-refractivity contribution in [3.8, 4) is 0 Å². The van der Waals surface area contributed by atoms with Gasteiger partial charge in [0.05, 0.1) is 11.2 Å². The molecule has 0 saturated carbocycles. The molecule has 0 spiro atoms. The van der Waals surface area contributed by atoms with Crippen LogP contribution < -0.4 is 97.8 Å². The summed E-state index contributed by atoms with van der Waals surface area (Å²) in [4.78, 5) is 2.66. The summed E-state index contributed by atoms with van der Waals surface area (Å²) in [6.45, 7) is 8.57. The number of anilines is 3. The van der Waals surface area contributed by atoms with Crippen LogP contribution in [0.2, 0.25) is 0 Å². The Morgan fingerprint density at radius 2 is 0.625 bits per heavy atom. The summed E-state index contributed by atoms with van der Waals surface area (Å²) in [6.07, 6.45) is 0. The Bertz CT molecular complexity index is 1940. The van der Waals surface area contributed by atoms with E-state index >= 15 is 0 Å². The van der Waals surface area contributed by atoms with Crippen molar-refractivity contribution in [3.63, 3.8) is 0 Å². The second-order valence-electron chi connectivity index (χ2n) is 16.1. The molecule has 4 aromatic carbocycles. The molecule has 1 heterocycles. The molecule has 3 nitrogen and oxygen atoms in total. The topological polar surface area (TPSA) is 21.7 Å². The zero-order valence-electron chi connectivity index (χ0n) is 33.8. The molecule has 0 aromatic heterocycles. The summed E-state index contributed by atoms with van der Waals surface area (Å²) < 4.78 is 13.4. The van der Waals surface area contributed by atoms with Crippen LogP contribution in [0.15, 0.2) is 0 Å². The van der Waals surface area contributed by atoms with Gasteiger partial charge in [-0.1, -0.05) is 76.5 Å². The Kier molecular flexibility index (Phi) is 9.56. The normalized spacial score (nSPS) is 15.3. The minimum absolute atomic E-state index is 0.398. The number of fused-ring (bicyclic) bond motifs is 1. The standard InChI is InChI=1S/C28H44B17NO2/c1-27(2)28(3,4)48-45(47-27)23-9(31)5-6(7(29)17(23)39)10(32)24(18(40)8(5)30)46(25-19(41)13(35)11(33)14(36)20(25)42)26-21(43)15(37)12(34)16(38)22(26)44/h29-44H2,1-4H3. The molecule has 0 unspecified atom stereocenters. The lowest BCUT2D eigenvalue weighted by molar-refractivity contribution is 0.00578. The van der Waals surface area contributed by atoms with Gasteiger partial charge in [0.15, 0.2) is 0 Å². The van der Waals surface area contributed by atoms with Crippen molar-refractivity contribution in [2.24, 2.45) is 0 Å². The highest BCUT2D eigenvalue weighted by molar-refractivity contribution is 6.79. The molecule has 5 rings (SSSR count). The van der Waals surface area contributed by atoms with Crippen LogP contribution >= 0.6 is 0 Å². The Morgan fingerprint density at radius 1 is 0.354 bits per heavy atom. The van der Waals surface area contributed by atoms with Crippen molar-refractivity contribution in [2.75, 3.05) is 4.90 Å². The van der Waals surface area contributed by atoms with Crippen LogP contribution in [0.25, 0.3) is 10.8 Å². The third-order valence-corrected chi connectivity index (χ3v) is 13.5. The first-order valence-electron chi connectivity index (χ1n) is 17.8. The molecule has 0 aliphatic carbocycles. The van der Waals surface area contributed by atoms with E-state index < -0.39 is 18.3 Å². The molecular weight excluding hydrogens is 566 g/mol. The summed E-state index contributed by atoms with van der Waals surface area (Å²) in [6, 6.07) is 0. The van der Waals surface area contributed by atoms with Gasteiger partial charge in [0.1, 0.15) is 126 Å². The molecule has 1 fully saturated rings. The highest BCUT2D eigenvalue weighted by Crippen LogP contribution is 2.36. The van der Waals surface area contributed by atoms with Gasteiger partial charge in [-0.05, 0) is 43.9 Å². The minimum atomic E-state index is -0.401. The van der Waals surface area contributed by atoms with Crippen molar-refractivity contribution in [1.29, 1.82) is 0 Å². The van der Waals surface area contributed by atoms with Gasteiger partial charge in [0.2, 0.25) is 0 Å². The van der Waals surface area contributed by atoms with Gasteiger partial charge in [0.25, 0.3) is 0 Å². The average Bonchev–Trinajstić information content (AvgIpc) is 3.23. The van der Waals surface area contributed by atoms with Crippen LogP contribution in [0.3, 0.4) is 0 Å². The van der Waals surface area contributed by atoms with E-state index in [1.165, 1.54) is 121 Å². The van der Waals surface area contributed by atoms with Gasteiger partial charge >= 0.3 is 7.12 Å². The first-order valence-corrected chi connectivity index (χ1v) is 17.8. The maximum atomic E-state index is 6.68. The fourth-order valence-electron chi connectivity index (χ4n) is 8.50. The van der Waals surface area contributed by atoms with E-state index in [4.69, 9.17) is 9.31 Å². The molecule has 0 atom stereocenters. The summed E-state index contributed by atoms with van der Waals surface area (Å²) in [5.41, 5.74) is 25.7. The summed E-state index contributed by atoms with van der Waals surface area (Å²) in [7, 11) is 36.5. The summed E-state index contributed by atoms with van der Waals surface area (Å²) in [5, 5.41) is 2.68. The van der Waals surface area contributed by atoms with Crippen molar-refractivity contribution in [1.82, 2.24) is 0 Å². The van der Waals surface area contributed by atoms with Gasteiger partial charge < -0.3 is 14.2 Å². The lowest BCUT2D eigenvalue weighted by Gasteiger charge is -2.39. The molecule has 48 heavy (non-hydrogen) atoms. The number of nitrogens with zero attached hydrogens (tertiary/aromatic N) is 1. The second kappa shape index (κ2) is 12.3. The van der Waals surface area contributed by atoms with Gasteiger partial charge in [-0.2, -0.15) is 0 Å². The van der Waals surface area contributed by atoms with Gasteiger partial charge in [-0.15, -0.1) is 10.9 Å². The zero-order valence-corrected chi connectivity index (χ0v) is 33.8. The molecule has 1 saturated heterocycles. The van der Waals surface area contributed by atoms with Crippen LogP contribution in [0.5, 0.6) is 0 Å². The second-order valence-corrected chi connectivity index (χ2v) is 16.1. The lowest BCUT2D eigenvalue weighted by Crippen LogP contribution is -2.61. The Balaban J connectivity index is 1.98. The van der Waals surface area contributed by atoms with E-state index in [0.717, 1.165) is 0 Å². The predicted molar refractivity (Wildman–Crippen MR) is 265 cm³/mol. The Hall–Kier alpha value is -2.04. The molecule has 1 aliphatic rings. The molecule has 0 N–H and O–H groups in total. The zero-order chi connectivity index (χ0) is 36.3. The maximum Gasteiger partial charge on any atom is 0.493 e. The fourth-order valence-corrected chi connectivity index (χ4v) is 8.50. The molecule has 0 amide bonds. The fraction of sp³-hybridized carbons (Fsp3) is 0.214. The van der Waals surface area contributed by atoms with E-state index in [-0.39, 0.29) is 0 Å². The molecule has 4 aromatic rings. The number of rotatable bonds is 4. The SMILES string of the molecule is Bc1c(B)c(B)c(N(c2c(B)c(B)c(B)c(B)c2B)c2c(B)c(B)c3c(B)c(B4OC(C)(C)C(C)(C)O4)c(B)c(B)c3c2B)c(B)c1B. The third kappa shape index (κ3) is 5.20. The third-order valence-electron chi connectivity index (χ3n) is 13.5. The number of benzene rings is 4. The van der Waals surface area contributed by atoms with E-state index in [9.17, 15) is 0 Å². The van der Waals surface area contributed by atoms with Crippen molar-refractivity contribution >= 4 is 253 Å². The monoisotopic (exact) mass is 613 g/mol. The number of hydrogen-bond acceptors (Lipinski definition) is 3. The smallest absolute Gasteiger partial charge is 0.399 e. The lowest BCUT2D eigenvalue weighted by atomic mass is 9.56.